The summed E-state index contributed by atoms with van der Waals surface area (Å²) in [5.41, 5.74) is 5.35. The van der Waals surface area contributed by atoms with Gasteiger partial charge in [0.1, 0.15) is 10.7 Å². The number of benzene rings is 1. The van der Waals surface area contributed by atoms with Crippen LogP contribution in [0, 0.1) is 21.9 Å². The zero-order chi connectivity index (χ0) is 14.1. The molecule has 3 heteroatoms. The first-order valence-electron chi connectivity index (χ1n) is 6.94. The van der Waals surface area contributed by atoms with Gasteiger partial charge in [-0.2, -0.15) is 5.26 Å². The molecule has 1 aromatic heterocycles. The number of H-pyrrole nitrogens is 1. The lowest BCUT2D eigenvalue weighted by molar-refractivity contribution is 0.500. The summed E-state index contributed by atoms with van der Waals surface area (Å²) in [5.74, 6) is 0.654. The molecule has 0 aliphatic heterocycles. The third-order valence-electron chi connectivity index (χ3n) is 4.05. The third kappa shape index (κ3) is 2.17. The molecule has 0 bridgehead atoms. The highest BCUT2D eigenvalue weighted by molar-refractivity contribution is 7.71. The minimum Gasteiger partial charge on any atom is -0.345 e. The van der Waals surface area contributed by atoms with Crippen LogP contribution in [0.3, 0.4) is 0 Å². The molecular weight excluding hydrogens is 264 g/mol. The minimum absolute atomic E-state index is 0.569. The number of nitriles is 1. The quantitative estimate of drug-likeness (QED) is 0.786. The lowest BCUT2D eigenvalue weighted by Gasteiger charge is -2.25. The number of hydrogen-bond donors (Lipinski definition) is 1. The molecule has 20 heavy (non-hydrogen) atoms. The van der Waals surface area contributed by atoms with Crippen molar-refractivity contribution >= 4 is 12.2 Å². The molecule has 0 saturated heterocycles. The van der Waals surface area contributed by atoms with E-state index in [1.807, 2.05) is 18.2 Å². The Hall–Kier alpha value is -1.92. The summed E-state index contributed by atoms with van der Waals surface area (Å²) in [4.78, 5) is 3.28. The molecule has 2 nitrogen and oxygen atoms in total. The van der Waals surface area contributed by atoms with Gasteiger partial charge in [0.05, 0.1) is 5.56 Å². The van der Waals surface area contributed by atoms with Crippen LogP contribution >= 0.6 is 12.2 Å². The highest BCUT2D eigenvalue weighted by Crippen LogP contribution is 2.34. The molecule has 100 valence electrons. The number of aromatic amines is 1. The Labute approximate surface area is 124 Å². The Bertz CT molecular complexity index is 738. The van der Waals surface area contributed by atoms with Gasteiger partial charge in [0.2, 0.25) is 0 Å². The molecular formula is C17H16N2S. The Morgan fingerprint density at radius 1 is 1.25 bits per heavy atom. The van der Waals surface area contributed by atoms with Crippen molar-refractivity contribution in [1.29, 1.82) is 5.26 Å². The molecule has 0 unspecified atom stereocenters. The van der Waals surface area contributed by atoms with Gasteiger partial charge in [-0.15, -0.1) is 0 Å². The van der Waals surface area contributed by atoms with Gasteiger partial charge in [-0.1, -0.05) is 49.5 Å². The van der Waals surface area contributed by atoms with Crippen molar-refractivity contribution in [2.24, 2.45) is 5.92 Å². The molecule has 0 spiro atoms. The molecule has 0 fully saturated rings. The van der Waals surface area contributed by atoms with E-state index in [2.05, 4.69) is 30.1 Å². The molecule has 1 aliphatic carbocycles. The van der Waals surface area contributed by atoms with Crippen LogP contribution in [0.5, 0.6) is 0 Å². The van der Waals surface area contributed by atoms with Crippen molar-refractivity contribution < 1.29 is 0 Å². The van der Waals surface area contributed by atoms with Gasteiger partial charge < -0.3 is 4.98 Å². The fourth-order valence-corrected chi connectivity index (χ4v) is 3.27. The number of pyridine rings is 1. The maximum atomic E-state index is 9.37. The zero-order valence-corrected chi connectivity index (χ0v) is 12.3. The van der Waals surface area contributed by atoms with Crippen LogP contribution in [-0.4, -0.2) is 4.98 Å². The Morgan fingerprint density at radius 3 is 2.70 bits per heavy atom. The summed E-state index contributed by atoms with van der Waals surface area (Å²) in [6, 6.07) is 12.5. The van der Waals surface area contributed by atoms with E-state index >= 15 is 0 Å². The number of fused-ring (bicyclic) bond motifs is 1. The average Bonchev–Trinajstić information content (AvgIpc) is 2.48. The van der Waals surface area contributed by atoms with Crippen LogP contribution in [-0.2, 0) is 12.8 Å². The Kier molecular flexibility index (Phi) is 3.42. The van der Waals surface area contributed by atoms with Crippen molar-refractivity contribution in [3.8, 4) is 17.3 Å². The Morgan fingerprint density at radius 2 is 2.00 bits per heavy atom. The predicted molar refractivity (Wildman–Crippen MR) is 83.0 cm³/mol. The van der Waals surface area contributed by atoms with Crippen molar-refractivity contribution in [3.63, 3.8) is 0 Å². The Balaban J connectivity index is 2.29. The predicted octanol–water partition coefficient (Wildman–Crippen LogP) is 4.41. The van der Waals surface area contributed by atoms with E-state index in [9.17, 15) is 5.26 Å². The number of hydrogen-bond acceptors (Lipinski definition) is 2. The summed E-state index contributed by atoms with van der Waals surface area (Å²) >= 11 is 5.38. The van der Waals surface area contributed by atoms with Crippen LogP contribution in [0.25, 0.3) is 11.3 Å². The number of nitrogens with one attached hydrogen (secondary N) is 1. The maximum absolute atomic E-state index is 9.37. The first-order chi connectivity index (χ1) is 9.70. The standard InChI is InChI=1S/C17H16N2S/c1-11-7-8-13-14(9-11)16(12-5-3-2-4-6-12)19-17(20)15(13)10-18/h2-6,11H,7-9H2,1H3,(H,19,20)/t11-/m0/s1. The van der Waals surface area contributed by atoms with E-state index in [1.54, 1.807) is 0 Å². The van der Waals surface area contributed by atoms with E-state index in [4.69, 9.17) is 12.2 Å². The van der Waals surface area contributed by atoms with Gasteiger partial charge in [0, 0.05) is 5.69 Å². The van der Waals surface area contributed by atoms with Gasteiger partial charge in [0.15, 0.2) is 0 Å². The van der Waals surface area contributed by atoms with Crippen LogP contribution in [0.15, 0.2) is 30.3 Å². The first kappa shape index (κ1) is 13.1. The summed E-state index contributed by atoms with van der Waals surface area (Å²) in [7, 11) is 0. The van der Waals surface area contributed by atoms with E-state index in [1.165, 1.54) is 5.56 Å². The fourth-order valence-electron chi connectivity index (χ4n) is 3.00. The fraction of sp³-hybridized carbons (Fsp3) is 0.294. The van der Waals surface area contributed by atoms with Crippen LogP contribution < -0.4 is 0 Å². The highest BCUT2D eigenvalue weighted by atomic mass is 32.1. The lowest BCUT2D eigenvalue weighted by Crippen LogP contribution is -2.15. The van der Waals surface area contributed by atoms with Crippen molar-refractivity contribution in [3.05, 3.63) is 51.7 Å². The normalized spacial score (nSPS) is 17.3. The van der Waals surface area contributed by atoms with Crippen LogP contribution in [0.1, 0.15) is 30.0 Å². The lowest BCUT2D eigenvalue weighted by atomic mass is 9.81. The maximum Gasteiger partial charge on any atom is 0.121 e. The number of aromatic nitrogens is 1. The topological polar surface area (TPSA) is 39.6 Å². The largest absolute Gasteiger partial charge is 0.345 e. The van der Waals surface area contributed by atoms with Gasteiger partial charge in [-0.3, -0.25) is 0 Å². The molecule has 0 saturated carbocycles. The molecule has 1 atom stereocenters. The zero-order valence-electron chi connectivity index (χ0n) is 11.4. The third-order valence-corrected chi connectivity index (χ3v) is 4.35. The van der Waals surface area contributed by atoms with Crippen LogP contribution in [0.4, 0.5) is 0 Å². The molecule has 1 N–H and O–H groups in total. The van der Waals surface area contributed by atoms with Crippen LogP contribution in [0.2, 0.25) is 0 Å². The molecule has 1 aliphatic rings. The van der Waals surface area contributed by atoms with Crippen molar-refractivity contribution in [2.75, 3.05) is 0 Å². The smallest absolute Gasteiger partial charge is 0.121 e. The monoisotopic (exact) mass is 280 g/mol. The van der Waals surface area contributed by atoms with Gasteiger partial charge in [-0.25, -0.2) is 0 Å². The minimum atomic E-state index is 0.569. The molecule has 0 radical (unpaired) electrons. The summed E-state index contributed by atoms with van der Waals surface area (Å²) in [6.45, 7) is 2.27. The summed E-state index contributed by atoms with van der Waals surface area (Å²) in [5, 5.41) is 9.37. The second-order valence-electron chi connectivity index (χ2n) is 5.49. The molecule has 0 amide bonds. The SMILES string of the molecule is C[C@H]1CCc2c(c(-c3ccccc3)[nH]c(=S)c2C#N)C1. The van der Waals surface area contributed by atoms with E-state index in [-0.39, 0.29) is 0 Å². The molecule has 2 aromatic rings. The average molecular weight is 280 g/mol. The summed E-state index contributed by atoms with van der Waals surface area (Å²) < 4.78 is 0.569. The second kappa shape index (κ2) is 5.22. The number of nitrogens with zero attached hydrogens (tertiary/aromatic N) is 1. The molecule has 1 aromatic carbocycles. The first-order valence-corrected chi connectivity index (χ1v) is 7.35. The van der Waals surface area contributed by atoms with Gasteiger partial charge in [-0.05, 0) is 41.9 Å². The molecule has 3 rings (SSSR count). The highest BCUT2D eigenvalue weighted by Gasteiger charge is 2.23. The van der Waals surface area contributed by atoms with Gasteiger partial charge in [0.25, 0.3) is 0 Å². The summed E-state index contributed by atoms with van der Waals surface area (Å²) in [6.07, 6.45) is 3.10. The molecule has 1 heterocycles. The van der Waals surface area contributed by atoms with E-state index in [0.717, 1.165) is 36.1 Å². The van der Waals surface area contributed by atoms with E-state index in [0.29, 0.717) is 16.1 Å². The van der Waals surface area contributed by atoms with Crippen molar-refractivity contribution in [1.82, 2.24) is 4.98 Å². The second-order valence-corrected chi connectivity index (χ2v) is 5.90. The number of rotatable bonds is 1. The van der Waals surface area contributed by atoms with Crippen molar-refractivity contribution in [2.45, 2.75) is 26.2 Å². The van der Waals surface area contributed by atoms with E-state index < -0.39 is 0 Å². The van der Waals surface area contributed by atoms with Gasteiger partial charge >= 0.3 is 0 Å².